The molecular formula is C22H25BrN2O5S. The van der Waals surface area contributed by atoms with E-state index in [1.807, 2.05) is 18.2 Å². The third-order valence-corrected chi connectivity index (χ3v) is 8.30. The summed E-state index contributed by atoms with van der Waals surface area (Å²) in [7, 11) is -0.919. The molecule has 0 aliphatic carbocycles. The van der Waals surface area contributed by atoms with E-state index in [1.165, 1.54) is 24.6 Å². The fourth-order valence-electron chi connectivity index (χ4n) is 4.31. The molecule has 4 rings (SSSR count). The zero-order valence-electron chi connectivity index (χ0n) is 17.5. The number of methoxy groups -OCH3 is 2. The van der Waals surface area contributed by atoms with E-state index in [0.29, 0.717) is 31.7 Å². The number of carbonyl (C=O) groups excluding carboxylic acids is 1. The molecule has 7 nitrogen and oxygen atoms in total. The van der Waals surface area contributed by atoms with Crippen LogP contribution in [-0.2, 0) is 21.2 Å². The average molecular weight is 509 g/mol. The zero-order chi connectivity index (χ0) is 22.2. The largest absolute Gasteiger partial charge is 0.497 e. The van der Waals surface area contributed by atoms with Crippen LogP contribution in [0, 0.1) is 5.92 Å². The molecule has 166 valence electrons. The van der Waals surface area contributed by atoms with Gasteiger partial charge in [0.15, 0.2) is 0 Å². The first-order chi connectivity index (χ1) is 14.8. The van der Waals surface area contributed by atoms with Gasteiger partial charge in [0.25, 0.3) is 0 Å². The van der Waals surface area contributed by atoms with Crippen LogP contribution in [0.3, 0.4) is 0 Å². The van der Waals surface area contributed by atoms with E-state index in [2.05, 4.69) is 15.9 Å². The normalized spacial score (nSPS) is 19.2. The van der Waals surface area contributed by atoms with Gasteiger partial charge in [-0.25, -0.2) is 8.42 Å². The van der Waals surface area contributed by atoms with Gasteiger partial charge in [0.05, 0.1) is 20.1 Å². The standard InChI is InChI=1S/C22H25BrN2O5S/c1-29-18-6-8-20(30-2)21(13-18)31(27,28)24-10-3-4-16(14-24)22(26)25-11-9-15-12-17(23)5-7-19(15)25/h5-8,12-13,16H,3-4,9-11,14H2,1-2H3/t16-/m0/s1. The number of rotatable bonds is 5. The summed E-state index contributed by atoms with van der Waals surface area (Å²) in [6, 6.07) is 10.6. The van der Waals surface area contributed by atoms with E-state index in [-0.39, 0.29) is 29.0 Å². The molecular weight excluding hydrogens is 484 g/mol. The minimum atomic E-state index is -3.84. The van der Waals surface area contributed by atoms with Crippen molar-refractivity contribution in [3.8, 4) is 11.5 Å². The van der Waals surface area contributed by atoms with Crippen LogP contribution in [0.4, 0.5) is 5.69 Å². The third-order valence-electron chi connectivity index (χ3n) is 5.93. The topological polar surface area (TPSA) is 76.1 Å². The highest BCUT2D eigenvalue weighted by molar-refractivity contribution is 9.10. The summed E-state index contributed by atoms with van der Waals surface area (Å²) < 4.78 is 39.7. The monoisotopic (exact) mass is 508 g/mol. The van der Waals surface area contributed by atoms with Gasteiger partial charge in [0, 0.05) is 35.9 Å². The van der Waals surface area contributed by atoms with Crippen LogP contribution in [0.2, 0.25) is 0 Å². The smallest absolute Gasteiger partial charge is 0.246 e. The van der Waals surface area contributed by atoms with Crippen LogP contribution in [0.1, 0.15) is 18.4 Å². The number of sulfonamides is 1. The molecule has 2 aliphatic heterocycles. The number of carbonyl (C=O) groups is 1. The number of nitrogens with zero attached hydrogens (tertiary/aromatic N) is 2. The predicted molar refractivity (Wildman–Crippen MR) is 121 cm³/mol. The molecule has 0 aromatic heterocycles. The maximum absolute atomic E-state index is 13.4. The molecule has 0 unspecified atom stereocenters. The number of piperidine rings is 1. The van der Waals surface area contributed by atoms with E-state index in [1.54, 1.807) is 17.0 Å². The van der Waals surface area contributed by atoms with Crippen molar-refractivity contribution in [2.45, 2.75) is 24.2 Å². The van der Waals surface area contributed by atoms with Crippen LogP contribution in [0.15, 0.2) is 45.8 Å². The van der Waals surface area contributed by atoms with E-state index in [9.17, 15) is 13.2 Å². The molecule has 2 heterocycles. The minimum absolute atomic E-state index is 0.0152. The van der Waals surface area contributed by atoms with E-state index >= 15 is 0 Å². The lowest BCUT2D eigenvalue weighted by atomic mass is 9.98. The quantitative estimate of drug-likeness (QED) is 0.617. The van der Waals surface area contributed by atoms with E-state index in [4.69, 9.17) is 9.47 Å². The van der Waals surface area contributed by atoms with Crippen molar-refractivity contribution in [2.24, 2.45) is 5.92 Å². The van der Waals surface area contributed by atoms with Crippen molar-refractivity contribution < 1.29 is 22.7 Å². The highest BCUT2D eigenvalue weighted by Gasteiger charge is 2.38. The van der Waals surface area contributed by atoms with Crippen LogP contribution in [0.25, 0.3) is 0 Å². The van der Waals surface area contributed by atoms with Gasteiger partial charge in [-0.3, -0.25) is 4.79 Å². The summed E-state index contributed by atoms with van der Waals surface area (Å²) in [5.41, 5.74) is 2.05. The molecule has 2 aromatic rings. The Morgan fingerprint density at radius 2 is 1.90 bits per heavy atom. The first-order valence-electron chi connectivity index (χ1n) is 10.2. The Morgan fingerprint density at radius 1 is 1.10 bits per heavy atom. The Labute approximate surface area is 191 Å². The Bertz CT molecular complexity index is 1110. The minimum Gasteiger partial charge on any atom is -0.497 e. The van der Waals surface area contributed by atoms with Gasteiger partial charge in [0.1, 0.15) is 16.4 Å². The van der Waals surface area contributed by atoms with Crippen LogP contribution >= 0.6 is 15.9 Å². The van der Waals surface area contributed by atoms with Crippen LogP contribution < -0.4 is 14.4 Å². The van der Waals surface area contributed by atoms with Gasteiger partial charge in [-0.15, -0.1) is 0 Å². The molecule has 0 bridgehead atoms. The van der Waals surface area contributed by atoms with Gasteiger partial charge in [0.2, 0.25) is 15.9 Å². The second-order valence-electron chi connectivity index (χ2n) is 7.73. The lowest BCUT2D eigenvalue weighted by molar-refractivity contribution is -0.123. The van der Waals surface area contributed by atoms with Crippen LogP contribution in [-0.4, -0.2) is 52.5 Å². The first-order valence-corrected chi connectivity index (χ1v) is 12.4. The molecule has 1 fully saturated rings. The SMILES string of the molecule is COc1ccc(OC)c(S(=O)(=O)N2CCC[C@H](C(=O)N3CCc4cc(Br)ccc43)C2)c1. The highest BCUT2D eigenvalue weighted by atomic mass is 79.9. The number of ether oxygens (including phenoxy) is 2. The number of hydrogen-bond donors (Lipinski definition) is 0. The van der Waals surface area contributed by atoms with Crippen molar-refractivity contribution in [3.05, 3.63) is 46.4 Å². The summed E-state index contributed by atoms with van der Waals surface area (Å²) in [6.07, 6.45) is 2.10. The summed E-state index contributed by atoms with van der Waals surface area (Å²) in [6.45, 7) is 1.15. The maximum atomic E-state index is 13.4. The maximum Gasteiger partial charge on any atom is 0.246 e. The van der Waals surface area contributed by atoms with Gasteiger partial charge in [-0.05, 0) is 55.2 Å². The second-order valence-corrected chi connectivity index (χ2v) is 10.6. The number of anilines is 1. The van der Waals surface area contributed by atoms with E-state index < -0.39 is 10.0 Å². The molecule has 2 aliphatic rings. The fourth-order valence-corrected chi connectivity index (χ4v) is 6.41. The molecule has 31 heavy (non-hydrogen) atoms. The zero-order valence-corrected chi connectivity index (χ0v) is 19.9. The Kier molecular flexibility index (Phi) is 6.27. The molecule has 1 amide bonds. The lowest BCUT2D eigenvalue weighted by Crippen LogP contribution is -2.46. The first kappa shape index (κ1) is 22.1. The lowest BCUT2D eigenvalue weighted by Gasteiger charge is -2.33. The molecule has 9 heteroatoms. The summed E-state index contributed by atoms with van der Waals surface area (Å²) in [5.74, 6) is 0.297. The number of halogens is 1. The number of amides is 1. The Hall–Kier alpha value is -2.10. The fraction of sp³-hybridized carbons (Fsp3) is 0.409. The van der Waals surface area contributed by atoms with Gasteiger partial charge >= 0.3 is 0 Å². The Balaban J connectivity index is 1.57. The van der Waals surface area contributed by atoms with Crippen molar-refractivity contribution >= 4 is 37.5 Å². The summed E-state index contributed by atoms with van der Waals surface area (Å²) in [4.78, 5) is 15.2. The van der Waals surface area contributed by atoms with Gasteiger partial charge < -0.3 is 14.4 Å². The van der Waals surface area contributed by atoms with Crippen molar-refractivity contribution in [1.82, 2.24) is 4.31 Å². The van der Waals surface area contributed by atoms with Gasteiger partial charge in [-0.1, -0.05) is 15.9 Å². The number of hydrogen-bond acceptors (Lipinski definition) is 5. The molecule has 1 atom stereocenters. The molecule has 0 spiro atoms. The second kappa shape index (κ2) is 8.80. The van der Waals surface area contributed by atoms with Crippen molar-refractivity contribution in [3.63, 3.8) is 0 Å². The van der Waals surface area contributed by atoms with E-state index in [0.717, 1.165) is 22.1 Å². The molecule has 0 saturated carbocycles. The summed E-state index contributed by atoms with van der Waals surface area (Å²) >= 11 is 3.48. The highest BCUT2D eigenvalue weighted by Crippen LogP contribution is 2.35. The molecule has 0 N–H and O–H groups in total. The third kappa shape index (κ3) is 4.18. The Morgan fingerprint density at radius 3 is 2.65 bits per heavy atom. The van der Waals surface area contributed by atoms with Crippen molar-refractivity contribution in [2.75, 3.05) is 38.8 Å². The molecule has 2 aromatic carbocycles. The number of benzene rings is 2. The summed E-state index contributed by atoms with van der Waals surface area (Å²) in [5, 5.41) is 0. The van der Waals surface area contributed by atoms with Gasteiger partial charge in [-0.2, -0.15) is 4.31 Å². The number of fused-ring (bicyclic) bond motifs is 1. The average Bonchev–Trinajstić information content (AvgIpc) is 3.21. The van der Waals surface area contributed by atoms with Crippen molar-refractivity contribution in [1.29, 1.82) is 0 Å². The molecule has 1 saturated heterocycles. The predicted octanol–water partition coefficient (Wildman–Crippen LogP) is 3.46. The molecule has 0 radical (unpaired) electrons. The van der Waals surface area contributed by atoms with Crippen LogP contribution in [0.5, 0.6) is 11.5 Å².